The highest BCUT2D eigenvalue weighted by molar-refractivity contribution is 5.21. The van der Waals surface area contributed by atoms with Gasteiger partial charge in [-0.15, -0.1) is 0 Å². The summed E-state index contributed by atoms with van der Waals surface area (Å²) in [4.78, 5) is 4.11. The number of ether oxygens (including phenoxy) is 1. The van der Waals surface area contributed by atoms with Crippen molar-refractivity contribution in [3.8, 4) is 5.75 Å². The van der Waals surface area contributed by atoms with Crippen LogP contribution in [0.25, 0.3) is 0 Å². The summed E-state index contributed by atoms with van der Waals surface area (Å²) in [5.74, 6) is 0.863. The molecule has 14 heavy (non-hydrogen) atoms. The van der Waals surface area contributed by atoms with Gasteiger partial charge in [0.2, 0.25) is 0 Å². The van der Waals surface area contributed by atoms with E-state index in [1.807, 2.05) is 42.5 Å². The zero-order chi connectivity index (χ0) is 9.64. The second kappa shape index (κ2) is 4.42. The number of aromatic nitrogens is 1. The maximum atomic E-state index is 5.52. The van der Waals surface area contributed by atoms with Crippen LogP contribution in [0.15, 0.2) is 48.7 Å². The minimum Gasteiger partial charge on any atom is -0.487 e. The number of rotatable bonds is 3. The van der Waals surface area contributed by atoms with Gasteiger partial charge >= 0.3 is 0 Å². The molecule has 0 aliphatic carbocycles. The summed E-state index contributed by atoms with van der Waals surface area (Å²) in [5.41, 5.74) is 0.910. The highest BCUT2D eigenvalue weighted by Crippen LogP contribution is 2.10. The number of nitrogens with zero attached hydrogens (tertiary/aromatic N) is 1. The summed E-state index contributed by atoms with van der Waals surface area (Å²) in [6, 6.07) is 16.3. The summed E-state index contributed by atoms with van der Waals surface area (Å²) in [6.45, 7) is 0.499. The Balaban J connectivity index is 1.96. The quantitative estimate of drug-likeness (QED) is 0.731. The van der Waals surface area contributed by atoms with E-state index in [9.17, 15) is 0 Å². The molecular weight excluding hydrogens is 174 g/mol. The molecule has 1 radical (unpaired) electrons. The zero-order valence-electron chi connectivity index (χ0n) is 7.68. The predicted octanol–water partition coefficient (Wildman–Crippen LogP) is 2.46. The lowest BCUT2D eigenvalue weighted by atomic mass is 10.3. The molecule has 0 N–H and O–H groups in total. The SMILES string of the molecule is [c]1ccc(COc2ccccc2)nc1. The van der Waals surface area contributed by atoms with E-state index in [0.717, 1.165) is 11.4 Å². The van der Waals surface area contributed by atoms with Crippen LogP contribution in [0.3, 0.4) is 0 Å². The first kappa shape index (κ1) is 8.75. The maximum absolute atomic E-state index is 5.52. The Kier molecular flexibility index (Phi) is 2.76. The molecule has 0 atom stereocenters. The second-order valence-corrected chi connectivity index (χ2v) is 2.85. The van der Waals surface area contributed by atoms with Gasteiger partial charge in [0.15, 0.2) is 0 Å². The Hall–Kier alpha value is -1.83. The van der Waals surface area contributed by atoms with Crippen molar-refractivity contribution in [2.45, 2.75) is 6.61 Å². The molecule has 0 amide bonds. The van der Waals surface area contributed by atoms with Gasteiger partial charge in [0.05, 0.1) is 5.69 Å². The third-order valence-corrected chi connectivity index (χ3v) is 1.81. The van der Waals surface area contributed by atoms with Crippen molar-refractivity contribution in [2.75, 3.05) is 0 Å². The van der Waals surface area contributed by atoms with E-state index in [4.69, 9.17) is 4.74 Å². The average molecular weight is 184 g/mol. The van der Waals surface area contributed by atoms with Crippen LogP contribution in [0.1, 0.15) is 5.69 Å². The summed E-state index contributed by atoms with van der Waals surface area (Å²) in [6.07, 6.45) is 1.64. The highest BCUT2D eigenvalue weighted by atomic mass is 16.5. The van der Waals surface area contributed by atoms with Crippen molar-refractivity contribution >= 4 is 0 Å². The number of para-hydroxylation sites is 1. The molecule has 2 rings (SSSR count). The molecule has 1 aromatic carbocycles. The predicted molar refractivity (Wildman–Crippen MR) is 53.8 cm³/mol. The molecule has 2 nitrogen and oxygen atoms in total. The number of hydrogen-bond donors (Lipinski definition) is 0. The van der Waals surface area contributed by atoms with E-state index < -0.39 is 0 Å². The topological polar surface area (TPSA) is 22.1 Å². The lowest BCUT2D eigenvalue weighted by Crippen LogP contribution is -1.96. The van der Waals surface area contributed by atoms with Crippen molar-refractivity contribution in [3.63, 3.8) is 0 Å². The van der Waals surface area contributed by atoms with Gasteiger partial charge in [0.1, 0.15) is 12.4 Å². The van der Waals surface area contributed by atoms with Crippen LogP contribution >= 0.6 is 0 Å². The molecule has 0 bridgehead atoms. The molecule has 69 valence electrons. The van der Waals surface area contributed by atoms with Crippen molar-refractivity contribution in [2.24, 2.45) is 0 Å². The van der Waals surface area contributed by atoms with Crippen LogP contribution in [-0.2, 0) is 6.61 Å². The van der Waals surface area contributed by atoms with Gasteiger partial charge in [-0.3, -0.25) is 4.98 Å². The highest BCUT2D eigenvalue weighted by Gasteiger charge is 1.94. The van der Waals surface area contributed by atoms with Gasteiger partial charge in [-0.25, -0.2) is 0 Å². The van der Waals surface area contributed by atoms with Crippen molar-refractivity contribution in [3.05, 3.63) is 60.4 Å². The van der Waals surface area contributed by atoms with E-state index in [1.54, 1.807) is 6.20 Å². The Labute approximate surface area is 83.2 Å². The van der Waals surface area contributed by atoms with Crippen LogP contribution in [0.2, 0.25) is 0 Å². The van der Waals surface area contributed by atoms with Crippen LogP contribution in [0, 0.1) is 6.07 Å². The summed E-state index contributed by atoms with van der Waals surface area (Å²) >= 11 is 0. The van der Waals surface area contributed by atoms with Crippen molar-refractivity contribution < 1.29 is 4.74 Å². The Morgan fingerprint density at radius 2 is 2.00 bits per heavy atom. The Bertz CT molecular complexity index is 333. The van der Waals surface area contributed by atoms with Crippen molar-refractivity contribution in [1.82, 2.24) is 4.98 Å². The molecule has 0 aliphatic rings. The molecule has 0 fully saturated rings. The lowest BCUT2D eigenvalue weighted by Gasteiger charge is -2.04. The minimum absolute atomic E-state index is 0.499. The molecule has 1 heterocycles. The smallest absolute Gasteiger partial charge is 0.130 e. The number of benzene rings is 1. The maximum Gasteiger partial charge on any atom is 0.130 e. The van der Waals surface area contributed by atoms with Crippen LogP contribution in [-0.4, -0.2) is 4.98 Å². The summed E-state index contributed by atoms with van der Waals surface area (Å²) < 4.78 is 5.52. The van der Waals surface area contributed by atoms with Gasteiger partial charge in [-0.2, -0.15) is 0 Å². The second-order valence-electron chi connectivity index (χ2n) is 2.85. The Morgan fingerprint density at radius 3 is 2.71 bits per heavy atom. The average Bonchev–Trinajstić information content (AvgIpc) is 2.29. The summed E-state index contributed by atoms with van der Waals surface area (Å²) in [7, 11) is 0. The molecule has 1 aromatic heterocycles. The van der Waals surface area contributed by atoms with E-state index in [-0.39, 0.29) is 0 Å². The molecule has 0 unspecified atom stereocenters. The first-order chi connectivity index (χ1) is 6.95. The fraction of sp³-hybridized carbons (Fsp3) is 0.0833. The van der Waals surface area contributed by atoms with E-state index >= 15 is 0 Å². The van der Waals surface area contributed by atoms with Gasteiger partial charge in [-0.1, -0.05) is 24.3 Å². The molecule has 2 aromatic rings. The number of hydrogen-bond acceptors (Lipinski definition) is 2. The standard InChI is InChI=1S/C12H10NO/c1-2-7-12(8-3-1)14-10-11-6-4-5-9-13-11/h1-4,6-9H,10H2. The Morgan fingerprint density at radius 1 is 1.14 bits per heavy atom. The molecule has 0 saturated carbocycles. The summed E-state index contributed by atoms with van der Waals surface area (Å²) in [5, 5.41) is 0. The van der Waals surface area contributed by atoms with Crippen molar-refractivity contribution in [1.29, 1.82) is 0 Å². The van der Waals surface area contributed by atoms with Gasteiger partial charge in [0, 0.05) is 12.3 Å². The van der Waals surface area contributed by atoms with Gasteiger partial charge in [-0.05, 0) is 18.2 Å². The van der Waals surface area contributed by atoms with Gasteiger partial charge < -0.3 is 4.74 Å². The molecule has 0 aliphatic heterocycles. The number of pyridine rings is 1. The fourth-order valence-electron chi connectivity index (χ4n) is 1.11. The van der Waals surface area contributed by atoms with Crippen LogP contribution < -0.4 is 4.74 Å². The molecular formula is C12H10NO. The first-order valence-electron chi connectivity index (χ1n) is 4.44. The third-order valence-electron chi connectivity index (χ3n) is 1.81. The molecule has 2 heteroatoms. The third kappa shape index (κ3) is 2.33. The monoisotopic (exact) mass is 184 g/mol. The lowest BCUT2D eigenvalue weighted by molar-refractivity contribution is 0.301. The van der Waals surface area contributed by atoms with Crippen LogP contribution in [0.5, 0.6) is 5.75 Å². The van der Waals surface area contributed by atoms with Gasteiger partial charge in [0.25, 0.3) is 0 Å². The fourth-order valence-corrected chi connectivity index (χ4v) is 1.11. The first-order valence-corrected chi connectivity index (χ1v) is 4.44. The zero-order valence-corrected chi connectivity index (χ0v) is 7.68. The van der Waals surface area contributed by atoms with Crippen LogP contribution in [0.4, 0.5) is 0 Å². The largest absolute Gasteiger partial charge is 0.487 e. The van der Waals surface area contributed by atoms with E-state index in [1.165, 1.54) is 0 Å². The molecule has 0 saturated heterocycles. The minimum atomic E-state index is 0.499. The normalized spacial score (nSPS) is 9.71. The van der Waals surface area contributed by atoms with E-state index in [2.05, 4.69) is 11.1 Å². The van der Waals surface area contributed by atoms with E-state index in [0.29, 0.717) is 6.61 Å². The molecule has 0 spiro atoms.